The molecule has 0 spiro atoms. The van der Waals surface area contributed by atoms with Gasteiger partial charge >= 0.3 is 0 Å². The molecule has 1 heterocycles. The van der Waals surface area contributed by atoms with Gasteiger partial charge < -0.3 is 14.8 Å². The molecule has 1 saturated heterocycles. The first-order valence-corrected chi connectivity index (χ1v) is 7.71. The number of anilines is 1. The molecular formula is C16H20BrNO3. The SMILES string of the molecule is C=CC1CC(CC(=O)Nc2ccc(Br)cc2)OC(C)(C)O1. The highest BCUT2D eigenvalue weighted by Crippen LogP contribution is 2.29. The monoisotopic (exact) mass is 353 g/mol. The number of amides is 1. The topological polar surface area (TPSA) is 47.6 Å². The molecular weight excluding hydrogens is 334 g/mol. The van der Waals surface area contributed by atoms with Gasteiger partial charge in [-0.05, 0) is 38.1 Å². The van der Waals surface area contributed by atoms with Gasteiger partial charge in [0, 0.05) is 16.6 Å². The third-order valence-corrected chi connectivity index (χ3v) is 3.71. The van der Waals surface area contributed by atoms with Crippen molar-refractivity contribution in [3.05, 3.63) is 41.4 Å². The molecule has 1 aliphatic heterocycles. The molecule has 1 aromatic rings. The molecule has 1 aromatic carbocycles. The number of hydrogen-bond donors (Lipinski definition) is 1. The van der Waals surface area contributed by atoms with E-state index in [1.807, 2.05) is 38.1 Å². The standard InChI is InChI=1S/C16H20BrNO3/c1-4-13-9-14(21-16(2,3)20-13)10-15(19)18-12-7-5-11(17)6-8-12/h4-8,13-14H,1,9-10H2,2-3H3,(H,18,19). The molecule has 1 amide bonds. The van der Waals surface area contributed by atoms with Crippen molar-refractivity contribution < 1.29 is 14.3 Å². The maximum atomic E-state index is 12.1. The molecule has 1 aliphatic rings. The Hall–Kier alpha value is -1.17. The van der Waals surface area contributed by atoms with Crippen LogP contribution >= 0.6 is 15.9 Å². The Morgan fingerprint density at radius 1 is 1.43 bits per heavy atom. The first-order valence-electron chi connectivity index (χ1n) is 6.91. The van der Waals surface area contributed by atoms with Crippen molar-refractivity contribution in [2.75, 3.05) is 5.32 Å². The van der Waals surface area contributed by atoms with E-state index in [4.69, 9.17) is 9.47 Å². The van der Waals surface area contributed by atoms with Crippen LogP contribution in [0.4, 0.5) is 5.69 Å². The molecule has 0 bridgehead atoms. The summed E-state index contributed by atoms with van der Waals surface area (Å²) in [5, 5.41) is 2.87. The third-order valence-electron chi connectivity index (χ3n) is 3.18. The Labute approximate surface area is 133 Å². The minimum atomic E-state index is -0.695. The highest BCUT2D eigenvalue weighted by Gasteiger charge is 2.35. The lowest BCUT2D eigenvalue weighted by Crippen LogP contribution is -2.45. The van der Waals surface area contributed by atoms with Gasteiger partial charge in [-0.25, -0.2) is 0 Å². The number of rotatable bonds is 4. The summed E-state index contributed by atoms with van der Waals surface area (Å²) in [5.41, 5.74) is 0.773. The van der Waals surface area contributed by atoms with Gasteiger partial charge in [0.05, 0.1) is 18.6 Å². The predicted molar refractivity (Wildman–Crippen MR) is 86.0 cm³/mol. The van der Waals surface area contributed by atoms with E-state index >= 15 is 0 Å². The molecule has 2 unspecified atom stereocenters. The molecule has 2 atom stereocenters. The zero-order valence-corrected chi connectivity index (χ0v) is 13.9. The molecule has 4 nitrogen and oxygen atoms in total. The van der Waals surface area contributed by atoms with Gasteiger partial charge in [0.1, 0.15) is 0 Å². The summed E-state index contributed by atoms with van der Waals surface area (Å²) >= 11 is 3.36. The molecule has 21 heavy (non-hydrogen) atoms. The van der Waals surface area contributed by atoms with Gasteiger partial charge in [-0.2, -0.15) is 0 Å². The van der Waals surface area contributed by atoms with Crippen molar-refractivity contribution in [3.63, 3.8) is 0 Å². The number of ether oxygens (including phenoxy) is 2. The summed E-state index contributed by atoms with van der Waals surface area (Å²) in [7, 11) is 0. The van der Waals surface area contributed by atoms with E-state index in [2.05, 4.69) is 27.8 Å². The Kier molecular flexibility index (Phi) is 5.19. The molecule has 0 aliphatic carbocycles. The Morgan fingerprint density at radius 3 is 2.71 bits per heavy atom. The van der Waals surface area contributed by atoms with Crippen molar-refractivity contribution in [2.24, 2.45) is 0 Å². The highest BCUT2D eigenvalue weighted by atomic mass is 79.9. The number of benzene rings is 1. The molecule has 5 heteroatoms. The summed E-state index contributed by atoms with van der Waals surface area (Å²) in [4.78, 5) is 12.1. The average Bonchev–Trinajstić information content (AvgIpc) is 2.39. The fourth-order valence-electron chi connectivity index (χ4n) is 2.37. The smallest absolute Gasteiger partial charge is 0.226 e. The van der Waals surface area contributed by atoms with Crippen LogP contribution in [0, 0.1) is 0 Å². The second kappa shape index (κ2) is 6.73. The van der Waals surface area contributed by atoms with E-state index in [9.17, 15) is 4.79 Å². The van der Waals surface area contributed by atoms with Gasteiger partial charge in [0.2, 0.25) is 5.91 Å². The molecule has 1 N–H and O–H groups in total. The van der Waals surface area contributed by atoms with Gasteiger partial charge in [0.25, 0.3) is 0 Å². The van der Waals surface area contributed by atoms with E-state index in [-0.39, 0.29) is 18.1 Å². The Morgan fingerprint density at radius 2 is 2.10 bits per heavy atom. The second-order valence-corrected chi connectivity index (χ2v) is 6.44. The van der Waals surface area contributed by atoms with E-state index in [1.165, 1.54) is 0 Å². The molecule has 1 fully saturated rings. The predicted octanol–water partition coefficient (Wildman–Crippen LogP) is 3.87. The number of nitrogens with one attached hydrogen (secondary N) is 1. The van der Waals surface area contributed by atoms with Crippen LogP contribution < -0.4 is 5.32 Å². The molecule has 0 saturated carbocycles. The highest BCUT2D eigenvalue weighted by molar-refractivity contribution is 9.10. The number of halogens is 1. The lowest BCUT2D eigenvalue weighted by molar-refractivity contribution is -0.289. The van der Waals surface area contributed by atoms with Crippen LogP contribution in [-0.2, 0) is 14.3 Å². The maximum Gasteiger partial charge on any atom is 0.226 e. The zero-order chi connectivity index (χ0) is 15.5. The van der Waals surface area contributed by atoms with Gasteiger partial charge in [-0.15, -0.1) is 6.58 Å². The van der Waals surface area contributed by atoms with E-state index < -0.39 is 5.79 Å². The van der Waals surface area contributed by atoms with Crippen molar-refractivity contribution >= 4 is 27.5 Å². The summed E-state index contributed by atoms with van der Waals surface area (Å²) in [6, 6.07) is 7.47. The number of carbonyl (C=O) groups is 1. The zero-order valence-electron chi connectivity index (χ0n) is 12.3. The number of carbonyl (C=O) groups excluding carboxylic acids is 1. The molecule has 0 radical (unpaired) electrons. The Bertz CT molecular complexity index is 513. The molecule has 114 valence electrons. The lowest BCUT2D eigenvalue weighted by atomic mass is 10.1. The fraction of sp³-hybridized carbons (Fsp3) is 0.438. The van der Waals surface area contributed by atoms with Gasteiger partial charge in [-0.3, -0.25) is 4.79 Å². The van der Waals surface area contributed by atoms with Crippen LogP contribution in [0.1, 0.15) is 26.7 Å². The minimum Gasteiger partial charge on any atom is -0.347 e. The summed E-state index contributed by atoms with van der Waals surface area (Å²) in [5.74, 6) is -0.762. The lowest BCUT2D eigenvalue weighted by Gasteiger charge is -2.39. The van der Waals surface area contributed by atoms with Gasteiger partial charge in [-0.1, -0.05) is 22.0 Å². The van der Waals surface area contributed by atoms with Crippen LogP contribution in [0.25, 0.3) is 0 Å². The average molecular weight is 354 g/mol. The largest absolute Gasteiger partial charge is 0.347 e. The summed E-state index contributed by atoms with van der Waals surface area (Å²) < 4.78 is 12.5. The number of hydrogen-bond acceptors (Lipinski definition) is 3. The fourth-order valence-corrected chi connectivity index (χ4v) is 2.63. The van der Waals surface area contributed by atoms with Crippen LogP contribution in [0.15, 0.2) is 41.4 Å². The summed E-state index contributed by atoms with van der Waals surface area (Å²) in [6.45, 7) is 7.45. The van der Waals surface area contributed by atoms with Crippen LogP contribution in [-0.4, -0.2) is 23.9 Å². The molecule has 0 aromatic heterocycles. The van der Waals surface area contributed by atoms with Crippen molar-refractivity contribution in [3.8, 4) is 0 Å². The minimum absolute atomic E-state index is 0.0668. The van der Waals surface area contributed by atoms with E-state index in [0.717, 1.165) is 10.2 Å². The van der Waals surface area contributed by atoms with E-state index in [0.29, 0.717) is 12.8 Å². The third kappa shape index (κ3) is 4.95. The second-order valence-electron chi connectivity index (χ2n) is 5.53. The van der Waals surface area contributed by atoms with Crippen molar-refractivity contribution in [1.82, 2.24) is 0 Å². The van der Waals surface area contributed by atoms with Crippen LogP contribution in [0.3, 0.4) is 0 Å². The quantitative estimate of drug-likeness (QED) is 0.835. The van der Waals surface area contributed by atoms with Crippen molar-refractivity contribution in [2.45, 2.75) is 44.7 Å². The maximum absolute atomic E-state index is 12.1. The van der Waals surface area contributed by atoms with Crippen molar-refractivity contribution in [1.29, 1.82) is 0 Å². The van der Waals surface area contributed by atoms with Crippen LogP contribution in [0.2, 0.25) is 0 Å². The first kappa shape index (κ1) is 16.2. The van der Waals surface area contributed by atoms with Crippen LogP contribution in [0.5, 0.6) is 0 Å². The molecule has 2 rings (SSSR count). The first-order chi connectivity index (χ1) is 9.88. The van der Waals surface area contributed by atoms with Gasteiger partial charge in [0.15, 0.2) is 5.79 Å². The normalized spacial score (nSPS) is 24.3. The Balaban J connectivity index is 1.92. The van der Waals surface area contributed by atoms with E-state index in [1.54, 1.807) is 6.08 Å². The summed E-state index contributed by atoms with van der Waals surface area (Å²) in [6.07, 6.45) is 2.43.